The van der Waals surface area contributed by atoms with Crippen LogP contribution in [0.2, 0.25) is 0 Å². The second kappa shape index (κ2) is 7.90. The Hall–Kier alpha value is -3.36. The number of aryl methyl sites for hydroxylation is 1. The highest BCUT2D eigenvalue weighted by atomic mass is 15.3. The van der Waals surface area contributed by atoms with Crippen molar-refractivity contribution < 1.29 is 0 Å². The van der Waals surface area contributed by atoms with Crippen LogP contribution in [0.4, 0.5) is 11.6 Å². The van der Waals surface area contributed by atoms with E-state index in [-0.39, 0.29) is 0 Å². The standard InChI is InChI=1S/C18H21BN8/c19-15-12-24-27-17(23-11-14-3-1-4-20-10-14)9-16(25-18(15)27)22-5-2-7-26-8-6-21-13-26/h1,3-4,6,8-10,12-13,23H,2,5,7,11,19H2,(H,22,25). The minimum absolute atomic E-state index is 0.673. The van der Waals surface area contributed by atoms with E-state index in [1.807, 2.05) is 55.5 Å². The van der Waals surface area contributed by atoms with Crippen LogP contribution in [-0.4, -0.2) is 43.5 Å². The summed E-state index contributed by atoms with van der Waals surface area (Å²) in [7, 11) is 2.02. The Morgan fingerprint density at radius 2 is 2.07 bits per heavy atom. The first kappa shape index (κ1) is 17.1. The number of nitrogens with zero attached hydrogens (tertiary/aromatic N) is 6. The fourth-order valence-corrected chi connectivity index (χ4v) is 2.88. The summed E-state index contributed by atoms with van der Waals surface area (Å²) in [5.74, 6) is 1.74. The summed E-state index contributed by atoms with van der Waals surface area (Å²) in [5, 5.41) is 11.3. The van der Waals surface area contributed by atoms with Crippen LogP contribution in [0.1, 0.15) is 12.0 Å². The highest BCUT2D eigenvalue weighted by molar-refractivity contribution is 6.36. The van der Waals surface area contributed by atoms with Crippen molar-refractivity contribution in [3.8, 4) is 0 Å². The first-order valence-corrected chi connectivity index (χ1v) is 8.97. The number of nitrogens with one attached hydrogen (secondary N) is 2. The number of hydrogen-bond donors (Lipinski definition) is 2. The first-order valence-electron chi connectivity index (χ1n) is 8.97. The van der Waals surface area contributed by atoms with Crippen LogP contribution in [-0.2, 0) is 13.1 Å². The molecule has 0 aromatic carbocycles. The molecular formula is C18H21BN8. The molecule has 0 aliphatic carbocycles. The molecule has 0 fully saturated rings. The van der Waals surface area contributed by atoms with Gasteiger partial charge in [-0.25, -0.2) is 9.97 Å². The van der Waals surface area contributed by atoms with Gasteiger partial charge in [-0.1, -0.05) is 6.07 Å². The Morgan fingerprint density at radius 3 is 2.89 bits per heavy atom. The Morgan fingerprint density at radius 1 is 1.11 bits per heavy atom. The molecule has 0 spiro atoms. The minimum Gasteiger partial charge on any atom is -0.370 e. The van der Waals surface area contributed by atoms with Crippen LogP contribution in [0.5, 0.6) is 0 Å². The van der Waals surface area contributed by atoms with Crippen molar-refractivity contribution in [2.45, 2.75) is 19.5 Å². The molecule has 4 heterocycles. The van der Waals surface area contributed by atoms with E-state index >= 15 is 0 Å². The third-order valence-electron chi connectivity index (χ3n) is 4.30. The predicted octanol–water partition coefficient (Wildman–Crippen LogP) is 0.693. The highest BCUT2D eigenvalue weighted by Crippen LogP contribution is 2.16. The number of rotatable bonds is 8. The fraction of sp³-hybridized carbons (Fsp3) is 0.222. The molecule has 0 atom stereocenters. The summed E-state index contributed by atoms with van der Waals surface area (Å²) in [5.41, 5.74) is 3.01. The van der Waals surface area contributed by atoms with Gasteiger partial charge < -0.3 is 15.2 Å². The summed E-state index contributed by atoms with van der Waals surface area (Å²) in [6.45, 7) is 2.43. The largest absolute Gasteiger partial charge is 0.370 e. The molecule has 0 radical (unpaired) electrons. The SMILES string of the molecule is Bc1cnn2c(NCc3cccnc3)cc(NCCCn3ccnc3)nc12. The van der Waals surface area contributed by atoms with Crippen molar-refractivity contribution in [2.75, 3.05) is 17.2 Å². The van der Waals surface area contributed by atoms with Crippen LogP contribution in [0.3, 0.4) is 0 Å². The minimum atomic E-state index is 0.673. The zero-order valence-electron chi connectivity index (χ0n) is 15.2. The molecule has 0 saturated carbocycles. The predicted molar refractivity (Wildman–Crippen MR) is 108 cm³/mol. The Balaban J connectivity index is 1.46. The molecule has 2 N–H and O–H groups in total. The van der Waals surface area contributed by atoms with Gasteiger partial charge in [0.2, 0.25) is 0 Å². The average Bonchev–Trinajstić information content (AvgIpc) is 3.35. The zero-order valence-corrected chi connectivity index (χ0v) is 15.2. The van der Waals surface area contributed by atoms with Gasteiger partial charge in [0, 0.05) is 56.7 Å². The van der Waals surface area contributed by atoms with Crippen molar-refractivity contribution in [3.05, 3.63) is 61.1 Å². The zero-order chi connectivity index (χ0) is 18.5. The van der Waals surface area contributed by atoms with Gasteiger partial charge >= 0.3 is 0 Å². The monoisotopic (exact) mass is 360 g/mol. The number of aromatic nitrogens is 6. The van der Waals surface area contributed by atoms with E-state index in [0.717, 1.165) is 47.8 Å². The molecule has 0 aliphatic heterocycles. The molecule has 0 bridgehead atoms. The Bertz CT molecular complexity index is 997. The topological polar surface area (TPSA) is 85.0 Å². The van der Waals surface area contributed by atoms with Crippen molar-refractivity contribution in [3.63, 3.8) is 0 Å². The van der Waals surface area contributed by atoms with Gasteiger partial charge in [0.15, 0.2) is 5.65 Å². The van der Waals surface area contributed by atoms with Crippen LogP contribution in [0.15, 0.2) is 55.5 Å². The lowest BCUT2D eigenvalue weighted by Crippen LogP contribution is -2.12. The van der Waals surface area contributed by atoms with E-state index in [1.165, 1.54) is 0 Å². The molecule has 4 aromatic heterocycles. The quantitative estimate of drug-likeness (QED) is 0.355. The smallest absolute Gasteiger partial charge is 0.153 e. The van der Waals surface area contributed by atoms with Gasteiger partial charge in [0.05, 0.1) is 6.33 Å². The lowest BCUT2D eigenvalue weighted by Gasteiger charge is -2.12. The van der Waals surface area contributed by atoms with E-state index in [1.54, 1.807) is 12.4 Å². The molecule has 0 saturated heterocycles. The molecule has 9 heteroatoms. The summed E-state index contributed by atoms with van der Waals surface area (Å²) < 4.78 is 3.91. The maximum Gasteiger partial charge on any atom is 0.153 e. The average molecular weight is 360 g/mol. The molecule has 0 unspecified atom stereocenters. The Labute approximate surface area is 158 Å². The van der Waals surface area contributed by atoms with Crippen LogP contribution >= 0.6 is 0 Å². The van der Waals surface area contributed by atoms with E-state index in [4.69, 9.17) is 4.98 Å². The lowest BCUT2D eigenvalue weighted by molar-refractivity contribution is 0.660. The molecule has 0 amide bonds. The second-order valence-electron chi connectivity index (χ2n) is 6.39. The van der Waals surface area contributed by atoms with Gasteiger partial charge in [-0.3, -0.25) is 4.98 Å². The molecule has 136 valence electrons. The van der Waals surface area contributed by atoms with Crippen molar-refractivity contribution in [1.29, 1.82) is 0 Å². The van der Waals surface area contributed by atoms with Gasteiger partial charge in [-0.15, -0.1) is 0 Å². The molecule has 4 aromatic rings. The summed E-state index contributed by atoms with van der Waals surface area (Å²) >= 11 is 0. The van der Waals surface area contributed by atoms with Gasteiger partial charge in [-0.05, 0) is 23.5 Å². The molecule has 8 nitrogen and oxygen atoms in total. The second-order valence-corrected chi connectivity index (χ2v) is 6.39. The van der Waals surface area contributed by atoms with Crippen molar-refractivity contribution >= 4 is 30.6 Å². The van der Waals surface area contributed by atoms with Crippen LogP contribution in [0, 0.1) is 0 Å². The third kappa shape index (κ3) is 4.08. The molecule has 0 aliphatic rings. The van der Waals surface area contributed by atoms with Crippen LogP contribution in [0.25, 0.3) is 5.65 Å². The molecule has 27 heavy (non-hydrogen) atoms. The van der Waals surface area contributed by atoms with Gasteiger partial charge in [-0.2, -0.15) is 9.61 Å². The normalized spacial score (nSPS) is 11.0. The highest BCUT2D eigenvalue weighted by Gasteiger charge is 2.09. The van der Waals surface area contributed by atoms with Crippen molar-refractivity contribution in [1.82, 2.24) is 29.1 Å². The number of fused-ring (bicyclic) bond motifs is 1. The van der Waals surface area contributed by atoms with Gasteiger partial charge in [0.1, 0.15) is 19.5 Å². The van der Waals surface area contributed by atoms with E-state index < -0.39 is 0 Å². The maximum absolute atomic E-state index is 4.70. The first-order chi connectivity index (χ1) is 13.3. The summed E-state index contributed by atoms with van der Waals surface area (Å²) in [6, 6.07) is 5.97. The fourth-order valence-electron chi connectivity index (χ4n) is 2.88. The van der Waals surface area contributed by atoms with E-state index in [2.05, 4.69) is 30.3 Å². The maximum atomic E-state index is 4.70. The number of imidazole rings is 1. The van der Waals surface area contributed by atoms with Gasteiger partial charge in [0.25, 0.3) is 0 Å². The summed E-state index contributed by atoms with van der Waals surface area (Å²) in [4.78, 5) is 12.9. The lowest BCUT2D eigenvalue weighted by atomic mass is 10.0. The molecule has 4 rings (SSSR count). The Kier molecular flexibility index (Phi) is 5.00. The summed E-state index contributed by atoms with van der Waals surface area (Å²) in [6.07, 6.45) is 12.1. The van der Waals surface area contributed by atoms with Crippen molar-refractivity contribution in [2.24, 2.45) is 0 Å². The van der Waals surface area contributed by atoms with E-state index in [0.29, 0.717) is 6.54 Å². The number of pyridine rings is 1. The molecular weight excluding hydrogens is 339 g/mol. The van der Waals surface area contributed by atoms with Crippen LogP contribution < -0.4 is 16.1 Å². The third-order valence-corrected chi connectivity index (χ3v) is 4.30. The van der Waals surface area contributed by atoms with E-state index in [9.17, 15) is 0 Å². The number of anilines is 2. The number of hydrogen-bond acceptors (Lipinski definition) is 6.